The second-order valence-corrected chi connectivity index (χ2v) is 9.56. The number of carbonyl (C=O) groups excluding carboxylic acids is 2. The van der Waals surface area contributed by atoms with Crippen LogP contribution in [0.2, 0.25) is 5.02 Å². The molecule has 0 saturated heterocycles. The molecule has 2 aromatic carbocycles. The quantitative estimate of drug-likeness (QED) is 0.474. The van der Waals surface area contributed by atoms with E-state index >= 15 is 0 Å². The number of benzene rings is 2. The summed E-state index contributed by atoms with van der Waals surface area (Å²) in [4.78, 5) is 35.7. The van der Waals surface area contributed by atoms with E-state index in [2.05, 4.69) is 25.9 Å². The molecule has 34 heavy (non-hydrogen) atoms. The van der Waals surface area contributed by atoms with Gasteiger partial charge in [-0.2, -0.15) is 4.98 Å². The van der Waals surface area contributed by atoms with Gasteiger partial charge in [-0.15, -0.1) is 0 Å². The van der Waals surface area contributed by atoms with Gasteiger partial charge in [-0.25, -0.2) is 4.98 Å². The van der Waals surface area contributed by atoms with Crippen LogP contribution in [0, 0.1) is 0 Å². The van der Waals surface area contributed by atoms with Crippen LogP contribution in [0.4, 0.5) is 28.8 Å². The minimum absolute atomic E-state index is 0.0540. The highest BCUT2D eigenvalue weighted by atomic mass is 35.5. The van der Waals surface area contributed by atoms with Gasteiger partial charge in [-0.05, 0) is 62.6 Å². The van der Waals surface area contributed by atoms with Crippen LogP contribution < -0.4 is 20.9 Å². The van der Waals surface area contributed by atoms with Crippen molar-refractivity contribution >= 4 is 52.2 Å². The molecule has 0 bridgehead atoms. The van der Waals surface area contributed by atoms with Crippen LogP contribution in [-0.2, 0) is 10.2 Å². The standard InChI is InChI=1S/C25H25ClN6O2/c1-25(2)17-12-15(10-11-20(17)32(3)23(25)34)29-24-27-13-18(26)21(31-24)30-19-7-5-4-6-16(19)22(33)28-14-8-9-14/h4-7,10-14H,8-9H2,1-3H3,(H,28,33)(H2,27,29,30,31). The van der Waals surface area contributed by atoms with Gasteiger partial charge in [-0.3, -0.25) is 9.59 Å². The lowest BCUT2D eigenvalue weighted by atomic mass is 9.86. The summed E-state index contributed by atoms with van der Waals surface area (Å²) in [5.41, 5.74) is 3.10. The summed E-state index contributed by atoms with van der Waals surface area (Å²) in [7, 11) is 1.78. The SMILES string of the molecule is CN1C(=O)C(C)(C)c2cc(Nc3ncc(Cl)c(Nc4ccccc4C(=O)NC4CC4)n3)ccc21. The van der Waals surface area contributed by atoms with Gasteiger partial charge in [0.1, 0.15) is 5.02 Å². The molecule has 2 aliphatic rings. The van der Waals surface area contributed by atoms with Crippen LogP contribution in [0.3, 0.4) is 0 Å². The van der Waals surface area contributed by atoms with Crippen molar-refractivity contribution in [3.05, 3.63) is 64.8 Å². The maximum Gasteiger partial charge on any atom is 0.253 e. The number of nitrogens with zero attached hydrogens (tertiary/aromatic N) is 3. The molecular weight excluding hydrogens is 452 g/mol. The van der Waals surface area contributed by atoms with Crippen LogP contribution in [0.1, 0.15) is 42.6 Å². The van der Waals surface area contributed by atoms with Crippen molar-refractivity contribution in [3.8, 4) is 0 Å². The van der Waals surface area contributed by atoms with Gasteiger partial charge in [0.05, 0.1) is 22.9 Å². The summed E-state index contributed by atoms with van der Waals surface area (Å²) in [5, 5.41) is 9.70. The maximum absolute atomic E-state index is 12.6. The Kier molecular flexibility index (Phi) is 5.40. The number of halogens is 1. The third-order valence-corrected chi connectivity index (χ3v) is 6.48. The first-order valence-electron chi connectivity index (χ1n) is 11.1. The molecule has 9 heteroatoms. The van der Waals surface area contributed by atoms with E-state index in [1.807, 2.05) is 50.2 Å². The lowest BCUT2D eigenvalue weighted by Gasteiger charge is -2.17. The van der Waals surface area contributed by atoms with Crippen molar-refractivity contribution in [1.29, 1.82) is 0 Å². The molecule has 1 fully saturated rings. The minimum atomic E-state index is -0.611. The predicted molar refractivity (Wildman–Crippen MR) is 133 cm³/mol. The summed E-state index contributed by atoms with van der Waals surface area (Å²) in [5.74, 6) is 0.636. The Labute approximate surface area is 202 Å². The molecule has 3 aromatic rings. The van der Waals surface area contributed by atoms with Crippen molar-refractivity contribution in [2.45, 2.75) is 38.1 Å². The molecule has 2 amide bonds. The molecule has 5 rings (SSSR count). The van der Waals surface area contributed by atoms with E-state index in [0.29, 0.717) is 28.0 Å². The minimum Gasteiger partial charge on any atom is -0.349 e. The molecule has 3 N–H and O–H groups in total. The van der Waals surface area contributed by atoms with Crippen LogP contribution in [-0.4, -0.2) is 34.9 Å². The third kappa shape index (κ3) is 4.05. The Balaban J connectivity index is 1.39. The lowest BCUT2D eigenvalue weighted by Crippen LogP contribution is -2.33. The molecule has 0 atom stereocenters. The molecular formula is C25H25ClN6O2. The molecule has 1 aliphatic heterocycles. The zero-order valence-electron chi connectivity index (χ0n) is 19.1. The van der Waals surface area contributed by atoms with Crippen molar-refractivity contribution in [2.75, 3.05) is 22.6 Å². The summed E-state index contributed by atoms with van der Waals surface area (Å²) in [6.07, 6.45) is 3.53. The normalized spacial score (nSPS) is 16.2. The smallest absolute Gasteiger partial charge is 0.253 e. The number of hydrogen-bond donors (Lipinski definition) is 3. The highest BCUT2D eigenvalue weighted by Gasteiger charge is 2.42. The summed E-state index contributed by atoms with van der Waals surface area (Å²) >= 11 is 6.36. The largest absolute Gasteiger partial charge is 0.349 e. The van der Waals surface area contributed by atoms with Crippen LogP contribution in [0.5, 0.6) is 0 Å². The van der Waals surface area contributed by atoms with E-state index in [1.54, 1.807) is 18.0 Å². The first-order valence-corrected chi connectivity index (χ1v) is 11.5. The van der Waals surface area contributed by atoms with E-state index in [4.69, 9.17) is 11.6 Å². The number of aromatic nitrogens is 2. The number of fused-ring (bicyclic) bond motifs is 1. The number of hydrogen-bond acceptors (Lipinski definition) is 6. The predicted octanol–water partition coefficient (Wildman–Crippen LogP) is 4.76. The number of para-hydroxylation sites is 1. The third-order valence-electron chi connectivity index (χ3n) is 6.21. The molecule has 8 nitrogen and oxygen atoms in total. The number of rotatable bonds is 6. The molecule has 2 heterocycles. The van der Waals surface area contributed by atoms with Crippen LogP contribution >= 0.6 is 11.6 Å². The second kappa shape index (κ2) is 8.29. The fraction of sp³-hybridized carbons (Fsp3) is 0.280. The Bertz CT molecular complexity index is 1300. The zero-order chi connectivity index (χ0) is 24.0. The van der Waals surface area contributed by atoms with Crippen molar-refractivity contribution in [2.24, 2.45) is 0 Å². The molecule has 1 aliphatic carbocycles. The van der Waals surface area contributed by atoms with Crippen LogP contribution in [0.25, 0.3) is 0 Å². The summed E-state index contributed by atoms with van der Waals surface area (Å²) in [6.45, 7) is 3.83. The average molecular weight is 477 g/mol. The van der Waals surface area contributed by atoms with Gasteiger partial charge in [0.15, 0.2) is 5.82 Å². The van der Waals surface area contributed by atoms with Crippen molar-refractivity contribution < 1.29 is 9.59 Å². The lowest BCUT2D eigenvalue weighted by molar-refractivity contribution is -0.121. The molecule has 174 valence electrons. The average Bonchev–Trinajstić information content (AvgIpc) is 3.62. The van der Waals surface area contributed by atoms with E-state index in [9.17, 15) is 9.59 Å². The Morgan fingerprint density at radius 3 is 2.68 bits per heavy atom. The molecule has 0 unspecified atom stereocenters. The molecule has 1 saturated carbocycles. The van der Waals surface area contributed by atoms with E-state index in [0.717, 1.165) is 29.8 Å². The monoisotopic (exact) mass is 476 g/mol. The fourth-order valence-corrected chi connectivity index (χ4v) is 4.24. The Morgan fingerprint density at radius 1 is 1.15 bits per heavy atom. The van der Waals surface area contributed by atoms with Gasteiger partial charge in [0.2, 0.25) is 11.9 Å². The van der Waals surface area contributed by atoms with E-state index in [-0.39, 0.29) is 17.9 Å². The molecule has 0 radical (unpaired) electrons. The fourth-order valence-electron chi connectivity index (χ4n) is 4.10. The van der Waals surface area contributed by atoms with Gasteiger partial charge < -0.3 is 20.9 Å². The van der Waals surface area contributed by atoms with E-state index in [1.165, 1.54) is 6.20 Å². The van der Waals surface area contributed by atoms with Gasteiger partial charge >= 0.3 is 0 Å². The number of amides is 2. The van der Waals surface area contributed by atoms with Gasteiger partial charge in [0.25, 0.3) is 5.91 Å². The number of likely N-dealkylation sites (N-methyl/N-ethyl adjacent to an activating group) is 1. The molecule has 0 spiro atoms. The van der Waals surface area contributed by atoms with Crippen LogP contribution in [0.15, 0.2) is 48.7 Å². The summed E-state index contributed by atoms with van der Waals surface area (Å²) in [6, 6.07) is 13.2. The first kappa shape index (κ1) is 22.2. The molecule has 1 aromatic heterocycles. The zero-order valence-corrected chi connectivity index (χ0v) is 19.9. The Morgan fingerprint density at radius 2 is 1.91 bits per heavy atom. The highest BCUT2D eigenvalue weighted by Crippen LogP contribution is 2.42. The summed E-state index contributed by atoms with van der Waals surface area (Å²) < 4.78 is 0. The first-order chi connectivity index (χ1) is 16.2. The number of anilines is 5. The van der Waals surface area contributed by atoms with Gasteiger partial charge in [-0.1, -0.05) is 23.7 Å². The van der Waals surface area contributed by atoms with Gasteiger partial charge in [0, 0.05) is 24.5 Å². The number of nitrogens with one attached hydrogen (secondary N) is 3. The number of carbonyl (C=O) groups is 2. The second-order valence-electron chi connectivity index (χ2n) is 9.15. The highest BCUT2D eigenvalue weighted by molar-refractivity contribution is 6.33. The topological polar surface area (TPSA) is 99.3 Å². The van der Waals surface area contributed by atoms with E-state index < -0.39 is 5.41 Å². The van der Waals surface area contributed by atoms with Crippen molar-refractivity contribution in [1.82, 2.24) is 15.3 Å². The maximum atomic E-state index is 12.6. The van der Waals surface area contributed by atoms with Crippen molar-refractivity contribution in [3.63, 3.8) is 0 Å². The Hall–Kier alpha value is -3.65.